The van der Waals surface area contributed by atoms with E-state index >= 15 is 0 Å². The lowest BCUT2D eigenvalue weighted by Crippen LogP contribution is -2.19. The minimum absolute atomic E-state index is 0.287. The third kappa shape index (κ3) is 14.7. The van der Waals surface area contributed by atoms with Gasteiger partial charge in [-0.2, -0.15) is 8.42 Å². The van der Waals surface area contributed by atoms with Crippen LogP contribution in [0.2, 0.25) is 0 Å². The maximum absolute atomic E-state index is 11.3. The molecule has 1 unspecified atom stereocenters. The molecule has 1 aromatic carbocycles. The summed E-state index contributed by atoms with van der Waals surface area (Å²) in [4.78, 5) is 0. The van der Waals surface area contributed by atoms with Crippen molar-refractivity contribution < 1.29 is 17.7 Å². The fourth-order valence-corrected chi connectivity index (χ4v) is 4.56. The summed E-state index contributed by atoms with van der Waals surface area (Å²) in [5.74, 6) is 0.867. The lowest BCUT2D eigenvalue weighted by molar-refractivity contribution is 0.303. The van der Waals surface area contributed by atoms with Crippen LogP contribution in [0.15, 0.2) is 18.2 Å². The Balaban J connectivity index is 2.57. The van der Waals surface area contributed by atoms with Crippen molar-refractivity contribution in [2.75, 3.05) is 6.61 Å². The molecule has 0 aliphatic carbocycles. The lowest BCUT2D eigenvalue weighted by atomic mass is 9.99. The molecule has 0 radical (unpaired) electrons. The number of benzene rings is 1. The first-order chi connectivity index (χ1) is 15.9. The van der Waals surface area contributed by atoms with Crippen molar-refractivity contribution in [1.29, 1.82) is 0 Å². The van der Waals surface area contributed by atoms with Gasteiger partial charge in [0.25, 0.3) is 10.1 Å². The molecular weight excluding hydrogens is 432 g/mol. The van der Waals surface area contributed by atoms with E-state index in [4.69, 9.17) is 4.74 Å². The summed E-state index contributed by atoms with van der Waals surface area (Å²) in [7, 11) is -4.00. The maximum atomic E-state index is 11.3. The van der Waals surface area contributed by atoms with E-state index in [2.05, 4.69) is 32.0 Å². The highest BCUT2D eigenvalue weighted by Crippen LogP contribution is 2.25. The molecule has 1 aromatic rings. The van der Waals surface area contributed by atoms with E-state index in [0.717, 1.165) is 25.0 Å². The molecule has 0 heterocycles. The van der Waals surface area contributed by atoms with Gasteiger partial charge in [-0.05, 0) is 49.8 Å². The Morgan fingerprint density at radius 1 is 0.788 bits per heavy atom. The van der Waals surface area contributed by atoms with Crippen molar-refractivity contribution in [3.63, 3.8) is 0 Å². The van der Waals surface area contributed by atoms with E-state index in [-0.39, 0.29) is 6.42 Å². The van der Waals surface area contributed by atoms with Crippen molar-refractivity contribution in [1.82, 2.24) is 0 Å². The largest absolute Gasteiger partial charge is 0.493 e. The smallest absolute Gasteiger partial charge is 0.267 e. The van der Waals surface area contributed by atoms with Gasteiger partial charge in [0.05, 0.1) is 11.9 Å². The summed E-state index contributed by atoms with van der Waals surface area (Å²) in [6, 6.07) is 6.52. The zero-order chi connectivity index (χ0) is 24.4. The summed E-state index contributed by atoms with van der Waals surface area (Å²) in [6.45, 7) is 6.32. The summed E-state index contributed by atoms with van der Waals surface area (Å²) in [5.41, 5.74) is 2.61. The predicted molar refractivity (Wildman–Crippen MR) is 141 cm³/mol. The number of ether oxygens (including phenoxy) is 1. The molecule has 0 bridgehead atoms. The van der Waals surface area contributed by atoms with Crippen LogP contribution < -0.4 is 4.74 Å². The second-order valence-electron chi connectivity index (χ2n) is 9.65. The zero-order valence-electron chi connectivity index (χ0n) is 21.6. The van der Waals surface area contributed by atoms with Crippen LogP contribution in [0.3, 0.4) is 0 Å². The molecule has 0 fully saturated rings. The van der Waals surface area contributed by atoms with Crippen molar-refractivity contribution >= 4 is 10.1 Å². The number of rotatable bonds is 21. The van der Waals surface area contributed by atoms with Crippen LogP contribution in [0.4, 0.5) is 0 Å². The summed E-state index contributed by atoms with van der Waals surface area (Å²) < 4.78 is 37.7. The van der Waals surface area contributed by atoms with E-state index in [9.17, 15) is 13.0 Å². The summed E-state index contributed by atoms with van der Waals surface area (Å²) in [5, 5.41) is -0.805. The third-order valence-corrected chi connectivity index (χ3v) is 7.79. The maximum Gasteiger partial charge on any atom is 0.267 e. The number of aryl methyl sites for hydroxylation is 2. The molecule has 0 saturated carbocycles. The van der Waals surface area contributed by atoms with E-state index in [0.29, 0.717) is 6.61 Å². The Bertz CT molecular complexity index is 715. The fraction of sp³-hybridized carbons (Fsp3) is 0.786. The van der Waals surface area contributed by atoms with Crippen LogP contribution in [-0.4, -0.2) is 24.8 Å². The van der Waals surface area contributed by atoms with Crippen LogP contribution in [0.25, 0.3) is 0 Å². The Kier molecular flexibility index (Phi) is 16.6. The normalized spacial score (nSPS) is 12.7. The number of hydrogen-bond donors (Lipinski definition) is 1. The van der Waals surface area contributed by atoms with Gasteiger partial charge >= 0.3 is 0 Å². The molecule has 0 saturated heterocycles. The van der Waals surface area contributed by atoms with Crippen LogP contribution in [0.1, 0.15) is 128 Å². The molecule has 4 nitrogen and oxygen atoms in total. The molecule has 0 aliphatic heterocycles. The third-order valence-electron chi connectivity index (χ3n) is 6.53. The van der Waals surface area contributed by atoms with Crippen molar-refractivity contribution in [2.45, 2.75) is 135 Å². The molecule has 192 valence electrons. The highest BCUT2D eigenvalue weighted by Gasteiger charge is 2.17. The molecule has 33 heavy (non-hydrogen) atoms. The van der Waals surface area contributed by atoms with Crippen LogP contribution in [-0.2, 0) is 23.0 Å². The van der Waals surface area contributed by atoms with Crippen LogP contribution >= 0.6 is 0 Å². The topological polar surface area (TPSA) is 63.6 Å². The SMILES string of the molecule is CCCCCCCCCc1ccc(OCCC(C)S(=O)(=O)O)c(CCCCCCCCC)c1. The fourth-order valence-electron chi connectivity index (χ4n) is 4.17. The zero-order valence-corrected chi connectivity index (χ0v) is 22.4. The first kappa shape index (κ1) is 30.0. The minimum atomic E-state index is -4.00. The molecular formula is C28H50O4S. The van der Waals surface area contributed by atoms with Gasteiger partial charge in [-0.15, -0.1) is 0 Å². The van der Waals surface area contributed by atoms with E-state index in [1.165, 1.54) is 102 Å². The van der Waals surface area contributed by atoms with Gasteiger partial charge < -0.3 is 4.74 Å². The van der Waals surface area contributed by atoms with Gasteiger partial charge in [0.2, 0.25) is 0 Å². The van der Waals surface area contributed by atoms with Crippen LogP contribution in [0.5, 0.6) is 5.75 Å². The molecule has 1 rings (SSSR count). The Morgan fingerprint density at radius 2 is 1.30 bits per heavy atom. The van der Waals surface area contributed by atoms with Crippen LogP contribution in [0, 0.1) is 0 Å². The van der Waals surface area contributed by atoms with Gasteiger partial charge in [0.1, 0.15) is 5.75 Å². The van der Waals surface area contributed by atoms with Gasteiger partial charge in [-0.3, -0.25) is 4.55 Å². The van der Waals surface area contributed by atoms with E-state index < -0.39 is 15.4 Å². The number of hydrogen-bond acceptors (Lipinski definition) is 3. The quantitative estimate of drug-likeness (QED) is 0.141. The van der Waals surface area contributed by atoms with Crippen molar-refractivity contribution in [3.8, 4) is 5.75 Å². The van der Waals surface area contributed by atoms with Gasteiger partial charge in [-0.25, -0.2) is 0 Å². The van der Waals surface area contributed by atoms with Gasteiger partial charge in [0.15, 0.2) is 0 Å². The average Bonchev–Trinajstić information content (AvgIpc) is 2.78. The summed E-state index contributed by atoms with van der Waals surface area (Å²) >= 11 is 0. The second-order valence-corrected chi connectivity index (χ2v) is 11.5. The molecule has 5 heteroatoms. The first-order valence-electron chi connectivity index (χ1n) is 13.6. The standard InChI is InChI=1S/C28H50O4S/c1-4-6-8-10-12-14-16-18-26-20-21-28(32-23-22-25(3)33(29,30)31)27(24-26)19-17-15-13-11-9-7-5-2/h20-21,24-25H,4-19,22-23H2,1-3H3,(H,29,30,31). The first-order valence-corrected chi connectivity index (χ1v) is 15.1. The second kappa shape index (κ2) is 18.3. The predicted octanol–water partition coefficient (Wildman–Crippen LogP) is 8.32. The van der Waals surface area contributed by atoms with Gasteiger partial charge in [0, 0.05) is 6.42 Å². The average molecular weight is 483 g/mol. The molecule has 0 amide bonds. The van der Waals surface area contributed by atoms with Crippen molar-refractivity contribution in [3.05, 3.63) is 29.3 Å². The molecule has 0 spiro atoms. The highest BCUT2D eigenvalue weighted by atomic mass is 32.2. The van der Waals surface area contributed by atoms with Gasteiger partial charge in [-0.1, -0.05) is 103 Å². The Morgan fingerprint density at radius 3 is 1.85 bits per heavy atom. The molecule has 0 aromatic heterocycles. The van der Waals surface area contributed by atoms with Crippen molar-refractivity contribution in [2.24, 2.45) is 0 Å². The minimum Gasteiger partial charge on any atom is -0.493 e. The molecule has 1 atom stereocenters. The Labute approximate surface area is 204 Å². The Hall–Kier alpha value is -1.07. The number of unbranched alkanes of at least 4 members (excludes halogenated alkanes) is 12. The lowest BCUT2D eigenvalue weighted by Gasteiger charge is -2.15. The monoisotopic (exact) mass is 482 g/mol. The van der Waals surface area contributed by atoms with E-state index in [1.54, 1.807) is 0 Å². The molecule has 1 N–H and O–H groups in total. The highest BCUT2D eigenvalue weighted by molar-refractivity contribution is 7.86. The van der Waals surface area contributed by atoms with E-state index in [1.807, 2.05) is 0 Å². The summed E-state index contributed by atoms with van der Waals surface area (Å²) in [6.07, 6.45) is 20.6. The molecule has 0 aliphatic rings.